The van der Waals surface area contributed by atoms with Crippen LogP contribution in [0.15, 0.2) is 30.6 Å². The average Bonchev–Trinajstić information content (AvgIpc) is 3.09. The van der Waals surface area contributed by atoms with Gasteiger partial charge in [0.2, 0.25) is 5.91 Å². The van der Waals surface area contributed by atoms with Crippen LogP contribution >= 0.6 is 0 Å². The molecule has 3 heterocycles. The lowest BCUT2D eigenvalue weighted by Gasteiger charge is -2.34. The van der Waals surface area contributed by atoms with Crippen LogP contribution in [0.2, 0.25) is 0 Å². The van der Waals surface area contributed by atoms with Gasteiger partial charge in [0, 0.05) is 30.7 Å². The summed E-state index contributed by atoms with van der Waals surface area (Å²) in [6, 6.07) is 4.82. The molecule has 0 radical (unpaired) electrons. The molecule has 132 valence electrons. The molecule has 0 spiro atoms. The van der Waals surface area contributed by atoms with Crippen LogP contribution in [0.25, 0.3) is 0 Å². The average molecular weight is 341 g/mol. The molecule has 2 amide bonds. The van der Waals surface area contributed by atoms with Gasteiger partial charge < -0.3 is 10.2 Å². The standard InChI is InChI=1S/C18H23N5O2/c1-2-6-14-11-16(22-21-14)20-17(24)15-8-3-4-10-23(15)18(25)13-7-5-9-19-12-13/h5,7,9,11-12,15H,2-4,6,8,10H2,1H3,(H2,20,21,22,24). The number of pyridine rings is 1. The van der Waals surface area contributed by atoms with Gasteiger partial charge in [-0.25, -0.2) is 0 Å². The summed E-state index contributed by atoms with van der Waals surface area (Å²) in [6.45, 7) is 2.66. The minimum absolute atomic E-state index is 0.151. The zero-order valence-electron chi connectivity index (χ0n) is 14.4. The van der Waals surface area contributed by atoms with Gasteiger partial charge in [0.15, 0.2) is 5.82 Å². The summed E-state index contributed by atoms with van der Waals surface area (Å²) in [4.78, 5) is 31.1. The van der Waals surface area contributed by atoms with Crippen molar-refractivity contribution in [2.75, 3.05) is 11.9 Å². The van der Waals surface area contributed by atoms with Crippen molar-refractivity contribution in [3.05, 3.63) is 41.9 Å². The van der Waals surface area contributed by atoms with E-state index >= 15 is 0 Å². The Labute approximate surface area is 146 Å². The van der Waals surface area contributed by atoms with Crippen molar-refractivity contribution < 1.29 is 9.59 Å². The molecule has 25 heavy (non-hydrogen) atoms. The summed E-state index contributed by atoms with van der Waals surface area (Å²) in [5, 5.41) is 9.88. The fourth-order valence-electron chi connectivity index (χ4n) is 3.13. The maximum atomic E-state index is 12.7. The van der Waals surface area contributed by atoms with Crippen LogP contribution in [0.4, 0.5) is 5.82 Å². The Morgan fingerprint density at radius 1 is 1.40 bits per heavy atom. The lowest BCUT2D eigenvalue weighted by Crippen LogP contribution is -2.50. The number of piperidine rings is 1. The second-order valence-electron chi connectivity index (χ2n) is 6.27. The third kappa shape index (κ3) is 4.04. The van der Waals surface area contributed by atoms with Gasteiger partial charge >= 0.3 is 0 Å². The van der Waals surface area contributed by atoms with E-state index < -0.39 is 6.04 Å². The normalized spacial score (nSPS) is 17.3. The molecule has 0 saturated carbocycles. The van der Waals surface area contributed by atoms with E-state index in [0.717, 1.165) is 31.4 Å². The molecule has 0 aromatic carbocycles. The number of likely N-dealkylation sites (tertiary alicyclic amines) is 1. The number of carbonyl (C=O) groups is 2. The number of hydrogen-bond acceptors (Lipinski definition) is 4. The van der Waals surface area contributed by atoms with E-state index in [1.807, 2.05) is 6.07 Å². The molecule has 2 N–H and O–H groups in total. The van der Waals surface area contributed by atoms with Gasteiger partial charge in [-0.1, -0.05) is 13.3 Å². The molecule has 1 saturated heterocycles. The summed E-state index contributed by atoms with van der Waals surface area (Å²) in [6.07, 6.45) is 7.54. The topological polar surface area (TPSA) is 91.0 Å². The van der Waals surface area contributed by atoms with E-state index in [0.29, 0.717) is 24.3 Å². The van der Waals surface area contributed by atoms with Crippen molar-refractivity contribution in [1.82, 2.24) is 20.1 Å². The number of aryl methyl sites for hydroxylation is 1. The summed E-state index contributed by atoms with van der Waals surface area (Å²) >= 11 is 0. The Morgan fingerprint density at radius 3 is 3.04 bits per heavy atom. The van der Waals surface area contributed by atoms with Gasteiger partial charge in [0.25, 0.3) is 5.91 Å². The highest BCUT2D eigenvalue weighted by Gasteiger charge is 2.33. The number of aromatic amines is 1. The number of hydrogen-bond donors (Lipinski definition) is 2. The smallest absolute Gasteiger partial charge is 0.256 e. The van der Waals surface area contributed by atoms with Crippen LogP contribution in [0, 0.1) is 0 Å². The van der Waals surface area contributed by atoms with Gasteiger partial charge in [0.05, 0.1) is 5.56 Å². The quantitative estimate of drug-likeness (QED) is 0.873. The SMILES string of the molecule is CCCc1cc(NC(=O)C2CCCCN2C(=O)c2cccnc2)n[nH]1. The highest BCUT2D eigenvalue weighted by molar-refractivity contribution is 6.00. The lowest BCUT2D eigenvalue weighted by atomic mass is 10.00. The molecular formula is C18H23N5O2. The van der Waals surface area contributed by atoms with E-state index in [4.69, 9.17) is 0 Å². The van der Waals surface area contributed by atoms with Crippen LogP contribution < -0.4 is 5.32 Å². The molecule has 7 heteroatoms. The van der Waals surface area contributed by atoms with Crippen LogP contribution in [0.3, 0.4) is 0 Å². The Balaban J connectivity index is 1.71. The molecule has 1 unspecified atom stereocenters. The van der Waals surface area contributed by atoms with Gasteiger partial charge in [-0.3, -0.25) is 19.7 Å². The number of rotatable bonds is 5. The van der Waals surface area contributed by atoms with E-state index in [-0.39, 0.29) is 11.8 Å². The minimum Gasteiger partial charge on any atom is -0.327 e. The zero-order valence-corrected chi connectivity index (χ0v) is 14.4. The van der Waals surface area contributed by atoms with E-state index in [9.17, 15) is 9.59 Å². The molecular weight excluding hydrogens is 318 g/mol. The molecule has 2 aromatic heterocycles. The van der Waals surface area contributed by atoms with Crippen molar-refractivity contribution in [3.8, 4) is 0 Å². The maximum absolute atomic E-state index is 12.7. The first-order valence-corrected chi connectivity index (χ1v) is 8.75. The van der Waals surface area contributed by atoms with Crippen LogP contribution in [0.5, 0.6) is 0 Å². The monoisotopic (exact) mass is 341 g/mol. The first-order valence-electron chi connectivity index (χ1n) is 8.75. The lowest BCUT2D eigenvalue weighted by molar-refractivity contribution is -0.121. The van der Waals surface area contributed by atoms with Crippen LogP contribution in [-0.4, -0.2) is 44.5 Å². The molecule has 2 aromatic rings. The summed E-state index contributed by atoms with van der Waals surface area (Å²) in [7, 11) is 0. The maximum Gasteiger partial charge on any atom is 0.256 e. The Morgan fingerprint density at radius 2 is 2.28 bits per heavy atom. The molecule has 1 fully saturated rings. The predicted octanol–water partition coefficient (Wildman–Crippen LogP) is 2.39. The number of aromatic nitrogens is 3. The van der Waals surface area contributed by atoms with Crippen LogP contribution in [0.1, 0.15) is 48.7 Å². The van der Waals surface area contributed by atoms with Crippen LogP contribution in [-0.2, 0) is 11.2 Å². The Kier molecular flexibility index (Phi) is 5.42. The van der Waals surface area contributed by atoms with Crippen molar-refractivity contribution >= 4 is 17.6 Å². The highest BCUT2D eigenvalue weighted by Crippen LogP contribution is 2.21. The number of amides is 2. The minimum atomic E-state index is -0.479. The predicted molar refractivity (Wildman–Crippen MR) is 94.1 cm³/mol. The van der Waals surface area contributed by atoms with Crippen molar-refractivity contribution in [2.45, 2.75) is 45.1 Å². The molecule has 1 atom stereocenters. The number of H-pyrrole nitrogens is 1. The highest BCUT2D eigenvalue weighted by atomic mass is 16.2. The van der Waals surface area contributed by atoms with E-state index in [1.54, 1.807) is 23.2 Å². The first kappa shape index (κ1) is 17.1. The van der Waals surface area contributed by atoms with Crippen molar-refractivity contribution in [3.63, 3.8) is 0 Å². The van der Waals surface area contributed by atoms with E-state index in [2.05, 4.69) is 27.4 Å². The molecule has 3 rings (SSSR count). The zero-order chi connectivity index (χ0) is 17.6. The largest absolute Gasteiger partial charge is 0.327 e. The summed E-state index contributed by atoms with van der Waals surface area (Å²) in [5.74, 6) is 0.168. The summed E-state index contributed by atoms with van der Waals surface area (Å²) < 4.78 is 0. The van der Waals surface area contributed by atoms with Crippen molar-refractivity contribution in [1.29, 1.82) is 0 Å². The fourth-order valence-corrected chi connectivity index (χ4v) is 3.13. The molecule has 0 aliphatic carbocycles. The summed E-state index contributed by atoms with van der Waals surface area (Å²) in [5.41, 5.74) is 1.50. The van der Waals surface area contributed by atoms with Crippen molar-refractivity contribution in [2.24, 2.45) is 0 Å². The molecule has 1 aliphatic rings. The number of carbonyl (C=O) groups excluding carboxylic acids is 2. The van der Waals surface area contributed by atoms with Gasteiger partial charge in [0.1, 0.15) is 6.04 Å². The third-order valence-corrected chi connectivity index (χ3v) is 4.38. The number of nitrogens with one attached hydrogen (secondary N) is 2. The first-order chi connectivity index (χ1) is 12.2. The van der Waals surface area contributed by atoms with Gasteiger partial charge in [-0.2, -0.15) is 5.10 Å². The molecule has 7 nitrogen and oxygen atoms in total. The van der Waals surface area contributed by atoms with Gasteiger partial charge in [-0.05, 0) is 37.8 Å². The number of anilines is 1. The number of nitrogens with zero attached hydrogens (tertiary/aromatic N) is 3. The molecule has 1 aliphatic heterocycles. The van der Waals surface area contributed by atoms with Gasteiger partial charge in [-0.15, -0.1) is 0 Å². The second-order valence-corrected chi connectivity index (χ2v) is 6.27. The third-order valence-electron chi connectivity index (χ3n) is 4.38. The Bertz CT molecular complexity index is 728. The Hall–Kier alpha value is -2.70. The van der Waals surface area contributed by atoms with E-state index in [1.165, 1.54) is 6.20 Å². The fraction of sp³-hybridized carbons (Fsp3) is 0.444. The molecule has 0 bridgehead atoms. The second kappa shape index (κ2) is 7.92.